The Bertz CT molecular complexity index is 885. The Morgan fingerprint density at radius 3 is 2.48 bits per heavy atom. The van der Waals surface area contributed by atoms with Crippen LogP contribution in [0.1, 0.15) is 49.7 Å². The van der Waals surface area contributed by atoms with E-state index in [4.69, 9.17) is 16.3 Å². The van der Waals surface area contributed by atoms with E-state index in [-0.39, 0.29) is 22.2 Å². The molecule has 0 aliphatic heterocycles. The maximum absolute atomic E-state index is 12.9. The Kier molecular flexibility index (Phi) is 4.84. The molecular weight excluding hydrogens is 396 g/mol. The molecule has 7 nitrogen and oxygen atoms in total. The van der Waals surface area contributed by atoms with Crippen molar-refractivity contribution in [2.45, 2.75) is 57.2 Å². The number of anilines is 1. The molecule has 1 N–H and O–H groups in total. The van der Waals surface area contributed by atoms with E-state index in [1.165, 1.54) is 6.07 Å². The minimum Gasteiger partial charge on any atom is -0.455 e. The number of carbonyl (C=O) groups excluding carboxylic acids is 2. The van der Waals surface area contributed by atoms with Gasteiger partial charge in [-0.2, -0.15) is 0 Å². The highest BCUT2D eigenvalue weighted by atomic mass is 35.5. The molecule has 4 aliphatic carbocycles. The summed E-state index contributed by atoms with van der Waals surface area (Å²) in [5, 5.41) is 13.8. The molecule has 4 fully saturated rings. The van der Waals surface area contributed by atoms with Gasteiger partial charge in [-0.3, -0.25) is 19.7 Å². The summed E-state index contributed by atoms with van der Waals surface area (Å²) in [5.41, 5.74) is 0.814. The van der Waals surface area contributed by atoms with E-state index in [0.29, 0.717) is 23.8 Å². The molecule has 0 spiro atoms. The summed E-state index contributed by atoms with van der Waals surface area (Å²) in [7, 11) is 0. The number of amides is 1. The lowest BCUT2D eigenvalue weighted by molar-refractivity contribution is -0.384. The van der Waals surface area contributed by atoms with E-state index in [0.717, 1.165) is 37.7 Å². The Balaban J connectivity index is 1.43. The smallest absolute Gasteiger partial charge is 0.312 e. The summed E-state index contributed by atoms with van der Waals surface area (Å²) < 4.78 is 5.40. The number of hydrogen-bond donors (Lipinski definition) is 1. The van der Waals surface area contributed by atoms with E-state index < -0.39 is 22.9 Å². The second-order valence-electron chi connectivity index (χ2n) is 9.18. The second-order valence-corrected chi connectivity index (χ2v) is 9.98. The van der Waals surface area contributed by atoms with E-state index >= 15 is 0 Å². The van der Waals surface area contributed by atoms with Crippen LogP contribution in [0.25, 0.3) is 0 Å². The van der Waals surface area contributed by atoms with Gasteiger partial charge in [-0.25, -0.2) is 0 Å². The predicted octanol–water partition coefficient (Wildman–Crippen LogP) is 4.27. The van der Waals surface area contributed by atoms with E-state index in [2.05, 4.69) is 5.32 Å². The first-order chi connectivity index (χ1) is 13.6. The Morgan fingerprint density at radius 1 is 1.24 bits per heavy atom. The van der Waals surface area contributed by atoms with Crippen LogP contribution >= 0.6 is 11.6 Å². The van der Waals surface area contributed by atoms with E-state index in [9.17, 15) is 19.7 Å². The molecule has 4 saturated carbocycles. The van der Waals surface area contributed by atoms with Gasteiger partial charge in [-0.15, -0.1) is 11.6 Å². The van der Waals surface area contributed by atoms with Crippen molar-refractivity contribution in [1.29, 1.82) is 0 Å². The molecule has 4 aliphatic rings. The van der Waals surface area contributed by atoms with Crippen LogP contribution in [0.15, 0.2) is 12.1 Å². The SMILES string of the molecule is Cc1ccc([N+](=O)[O-])c(NC(=O)COC(=O)C23C[C@@H]4C[C@@H](CC(Cl)(C4)C2)C3)c1C. The van der Waals surface area contributed by atoms with Gasteiger partial charge in [0.25, 0.3) is 11.6 Å². The monoisotopic (exact) mass is 420 g/mol. The number of carbonyl (C=O) groups is 2. The van der Waals surface area contributed by atoms with Crippen LogP contribution in [0.3, 0.4) is 0 Å². The van der Waals surface area contributed by atoms with Gasteiger partial charge in [-0.05, 0) is 75.3 Å². The highest BCUT2D eigenvalue weighted by molar-refractivity contribution is 6.24. The fourth-order valence-electron chi connectivity index (χ4n) is 5.96. The number of esters is 1. The van der Waals surface area contributed by atoms with Crippen LogP contribution in [-0.4, -0.2) is 28.3 Å². The molecule has 0 radical (unpaired) electrons. The zero-order valence-corrected chi connectivity index (χ0v) is 17.4. The summed E-state index contributed by atoms with van der Waals surface area (Å²) in [4.78, 5) is 35.8. The fraction of sp³-hybridized carbons (Fsp3) is 0.619. The molecule has 0 heterocycles. The van der Waals surface area contributed by atoms with Crippen LogP contribution in [0, 0.1) is 41.2 Å². The Hall–Kier alpha value is -2.15. The third-order valence-electron chi connectivity index (χ3n) is 6.93. The van der Waals surface area contributed by atoms with Gasteiger partial charge in [0.05, 0.1) is 10.3 Å². The maximum atomic E-state index is 12.9. The van der Waals surface area contributed by atoms with Crippen LogP contribution in [-0.2, 0) is 14.3 Å². The minimum atomic E-state index is -0.586. The number of rotatable bonds is 5. The molecular formula is C21H25ClN2O5. The number of aryl methyl sites for hydroxylation is 1. The number of hydrogen-bond acceptors (Lipinski definition) is 5. The van der Waals surface area contributed by atoms with Gasteiger partial charge in [0.2, 0.25) is 0 Å². The molecule has 29 heavy (non-hydrogen) atoms. The summed E-state index contributed by atoms with van der Waals surface area (Å²) in [6.45, 7) is 3.05. The quantitative estimate of drug-likeness (QED) is 0.332. The molecule has 1 aromatic rings. The van der Waals surface area contributed by atoms with Gasteiger partial charge in [0, 0.05) is 10.9 Å². The number of nitro groups is 1. The molecule has 8 heteroatoms. The lowest BCUT2D eigenvalue weighted by Crippen LogP contribution is -2.56. The third-order valence-corrected chi connectivity index (χ3v) is 7.37. The van der Waals surface area contributed by atoms with Crippen LogP contribution in [0.5, 0.6) is 0 Å². The number of halogens is 1. The highest BCUT2D eigenvalue weighted by Gasteiger charge is 2.60. The van der Waals surface area contributed by atoms with Crippen molar-refractivity contribution in [3.05, 3.63) is 33.4 Å². The summed E-state index contributed by atoms with van der Waals surface area (Å²) in [6.07, 6.45) is 5.20. The molecule has 5 rings (SSSR count). The van der Waals surface area contributed by atoms with Crippen molar-refractivity contribution in [1.82, 2.24) is 0 Å². The molecule has 0 saturated heterocycles. The average molecular weight is 421 g/mol. The van der Waals surface area contributed by atoms with Gasteiger partial charge < -0.3 is 10.1 Å². The highest BCUT2D eigenvalue weighted by Crippen LogP contribution is 2.64. The van der Waals surface area contributed by atoms with Crippen molar-refractivity contribution in [3.63, 3.8) is 0 Å². The number of alkyl halides is 1. The molecule has 0 aromatic heterocycles. The zero-order valence-electron chi connectivity index (χ0n) is 16.6. The van der Waals surface area contributed by atoms with Crippen LogP contribution < -0.4 is 5.32 Å². The first-order valence-corrected chi connectivity index (χ1v) is 10.4. The summed E-state index contributed by atoms with van der Waals surface area (Å²) >= 11 is 6.76. The molecule has 1 amide bonds. The fourth-order valence-corrected chi connectivity index (χ4v) is 6.65. The van der Waals surface area contributed by atoms with Crippen molar-refractivity contribution in [2.75, 3.05) is 11.9 Å². The average Bonchev–Trinajstić information content (AvgIpc) is 2.61. The topological polar surface area (TPSA) is 98.5 Å². The van der Waals surface area contributed by atoms with E-state index in [1.54, 1.807) is 13.0 Å². The van der Waals surface area contributed by atoms with Crippen molar-refractivity contribution >= 4 is 34.9 Å². The van der Waals surface area contributed by atoms with Gasteiger partial charge in [-0.1, -0.05) is 6.07 Å². The van der Waals surface area contributed by atoms with Crippen molar-refractivity contribution < 1.29 is 19.2 Å². The molecule has 4 atom stereocenters. The normalized spacial score (nSPS) is 32.1. The van der Waals surface area contributed by atoms with Crippen molar-refractivity contribution in [2.24, 2.45) is 17.3 Å². The molecule has 4 bridgehead atoms. The molecule has 1 aromatic carbocycles. The van der Waals surface area contributed by atoms with Gasteiger partial charge in [0.15, 0.2) is 6.61 Å². The van der Waals surface area contributed by atoms with Gasteiger partial charge >= 0.3 is 5.97 Å². The lowest BCUT2D eigenvalue weighted by atomic mass is 9.49. The first kappa shape index (κ1) is 20.1. The number of ether oxygens (including phenoxy) is 1. The third kappa shape index (κ3) is 3.61. The van der Waals surface area contributed by atoms with Gasteiger partial charge in [0.1, 0.15) is 5.69 Å². The van der Waals surface area contributed by atoms with Crippen molar-refractivity contribution in [3.8, 4) is 0 Å². The Morgan fingerprint density at radius 2 is 1.90 bits per heavy atom. The maximum Gasteiger partial charge on any atom is 0.312 e. The lowest BCUT2D eigenvalue weighted by Gasteiger charge is -2.58. The first-order valence-electron chi connectivity index (χ1n) is 10.0. The largest absolute Gasteiger partial charge is 0.455 e. The standard InChI is InChI=1S/C21H25ClN2O5/c1-12-3-4-16(24(27)28)18(13(12)2)23-17(25)10-29-19(26)20-6-14-5-15(7-20)9-21(22,8-14)11-20/h3-4,14-15H,5-11H2,1-2H3,(H,23,25)/t14-,15+,20?,21?. The Labute approximate surface area is 174 Å². The predicted molar refractivity (Wildman–Crippen MR) is 108 cm³/mol. The number of nitro benzene ring substituents is 1. The number of nitrogens with zero attached hydrogens (tertiary/aromatic N) is 1. The molecule has 156 valence electrons. The summed E-state index contributed by atoms with van der Waals surface area (Å²) in [5.74, 6) is -0.0388. The van der Waals surface area contributed by atoms with Crippen LogP contribution in [0.4, 0.5) is 11.4 Å². The second kappa shape index (κ2) is 6.97. The van der Waals surface area contributed by atoms with E-state index in [1.807, 2.05) is 6.92 Å². The minimum absolute atomic E-state index is 0.144. The summed E-state index contributed by atoms with van der Waals surface area (Å²) in [6, 6.07) is 3.00. The number of nitrogens with one attached hydrogen (secondary N) is 1. The molecule has 2 unspecified atom stereocenters. The zero-order chi connectivity index (χ0) is 21.0. The van der Waals surface area contributed by atoms with Crippen LogP contribution in [0.2, 0.25) is 0 Å². The number of benzene rings is 1.